The van der Waals surface area contributed by atoms with Crippen LogP contribution in [0.25, 0.3) is 0 Å². The summed E-state index contributed by atoms with van der Waals surface area (Å²) in [6.07, 6.45) is -1.28. The molecule has 0 saturated heterocycles. The second-order valence-electron chi connectivity index (χ2n) is 5.24. The van der Waals surface area contributed by atoms with Crippen LogP contribution >= 0.6 is 11.8 Å². The Morgan fingerprint density at radius 2 is 1.85 bits per heavy atom. The summed E-state index contributed by atoms with van der Waals surface area (Å²) in [5.74, 6) is -1.52. The number of aliphatic hydroxyl groups is 1. The number of carbonyl (C=O) groups is 3. The van der Waals surface area contributed by atoms with Gasteiger partial charge < -0.3 is 20.9 Å². The number of hydrogen-bond donors (Lipinski definition) is 3. The first-order valence-electron chi connectivity index (χ1n) is 6.08. The first-order valence-corrected chi connectivity index (χ1v) is 7.23. The van der Waals surface area contributed by atoms with Gasteiger partial charge in [-0.1, -0.05) is 0 Å². The fraction of sp³-hybridized carbons (Fsp3) is 0.750. The van der Waals surface area contributed by atoms with Gasteiger partial charge in [0.05, 0.1) is 0 Å². The fourth-order valence-electron chi connectivity index (χ4n) is 1.17. The maximum absolute atomic E-state index is 11.9. The Hall–Kier alpha value is -1.28. The summed E-state index contributed by atoms with van der Waals surface area (Å²) >= 11 is 1.13. The second-order valence-corrected chi connectivity index (χ2v) is 6.32. The standard InChI is InChI=1S/C12H22N2O5S/c1-7(15)14-8(11(18)19-12(2,3)4)5-20-6-9(16)10(13)17/h8-9,16H,5-6H2,1-4H3,(H2,13,17)(H,14,15). The molecule has 2 unspecified atom stereocenters. The van der Waals surface area contributed by atoms with Gasteiger partial charge in [-0.15, -0.1) is 0 Å². The van der Waals surface area contributed by atoms with Crippen molar-refractivity contribution < 1.29 is 24.2 Å². The third kappa shape index (κ3) is 8.76. The molecular weight excluding hydrogens is 284 g/mol. The number of primary amides is 1. The minimum Gasteiger partial charge on any atom is -0.458 e. The molecule has 7 nitrogen and oxygen atoms in total. The first-order chi connectivity index (χ1) is 9.03. The molecule has 0 rings (SSSR count). The van der Waals surface area contributed by atoms with Crippen molar-refractivity contribution in [1.29, 1.82) is 0 Å². The Bertz CT molecular complexity index is 367. The van der Waals surface area contributed by atoms with Gasteiger partial charge in [0.15, 0.2) is 0 Å². The van der Waals surface area contributed by atoms with Crippen molar-refractivity contribution in [2.75, 3.05) is 11.5 Å². The largest absolute Gasteiger partial charge is 0.458 e. The molecule has 0 spiro atoms. The zero-order chi connectivity index (χ0) is 15.9. The number of aliphatic hydroxyl groups excluding tert-OH is 1. The number of rotatable bonds is 7. The van der Waals surface area contributed by atoms with Crippen LogP contribution in [-0.4, -0.2) is 52.1 Å². The molecule has 8 heteroatoms. The molecule has 0 heterocycles. The van der Waals surface area contributed by atoms with Crippen LogP contribution < -0.4 is 11.1 Å². The number of nitrogens with one attached hydrogen (secondary N) is 1. The van der Waals surface area contributed by atoms with E-state index in [0.29, 0.717) is 0 Å². The van der Waals surface area contributed by atoms with E-state index in [2.05, 4.69) is 5.32 Å². The molecule has 2 amide bonds. The predicted octanol–water partition coefficient (Wildman–Crippen LogP) is -0.588. The smallest absolute Gasteiger partial charge is 0.330 e. The van der Waals surface area contributed by atoms with E-state index in [1.807, 2.05) is 0 Å². The summed E-state index contributed by atoms with van der Waals surface area (Å²) in [7, 11) is 0. The quantitative estimate of drug-likeness (QED) is 0.541. The maximum atomic E-state index is 11.9. The van der Waals surface area contributed by atoms with Crippen molar-refractivity contribution in [2.24, 2.45) is 5.73 Å². The molecule has 2 atom stereocenters. The zero-order valence-corrected chi connectivity index (χ0v) is 13.0. The second kappa shape index (κ2) is 8.11. The van der Waals surface area contributed by atoms with Crippen LogP contribution in [0, 0.1) is 0 Å². The number of thioether (sulfide) groups is 1. The summed E-state index contributed by atoms with van der Waals surface area (Å²) in [6, 6.07) is -0.836. The Labute approximate surface area is 122 Å². The number of hydrogen-bond acceptors (Lipinski definition) is 6. The molecule has 0 aliphatic carbocycles. The van der Waals surface area contributed by atoms with Gasteiger partial charge in [-0.25, -0.2) is 4.79 Å². The van der Waals surface area contributed by atoms with Crippen molar-refractivity contribution in [1.82, 2.24) is 5.32 Å². The molecule has 0 aliphatic heterocycles. The highest BCUT2D eigenvalue weighted by Crippen LogP contribution is 2.12. The minimum atomic E-state index is -1.28. The molecule has 0 aromatic heterocycles. The number of nitrogens with two attached hydrogens (primary N) is 1. The van der Waals surface area contributed by atoms with Gasteiger partial charge in [0.25, 0.3) is 0 Å². The maximum Gasteiger partial charge on any atom is 0.330 e. The van der Waals surface area contributed by atoms with Gasteiger partial charge in [0.1, 0.15) is 17.7 Å². The van der Waals surface area contributed by atoms with Gasteiger partial charge in [0, 0.05) is 18.4 Å². The predicted molar refractivity (Wildman–Crippen MR) is 76.0 cm³/mol. The van der Waals surface area contributed by atoms with E-state index in [4.69, 9.17) is 10.5 Å². The third-order valence-electron chi connectivity index (χ3n) is 1.96. The van der Waals surface area contributed by atoms with Crippen molar-refractivity contribution >= 4 is 29.5 Å². The van der Waals surface area contributed by atoms with Crippen molar-refractivity contribution in [3.05, 3.63) is 0 Å². The summed E-state index contributed by atoms with van der Waals surface area (Å²) in [5, 5.41) is 11.7. The summed E-state index contributed by atoms with van der Waals surface area (Å²) in [4.78, 5) is 33.6. The molecule has 116 valence electrons. The molecule has 4 N–H and O–H groups in total. The Kier molecular flexibility index (Phi) is 7.59. The molecule has 0 fully saturated rings. The van der Waals surface area contributed by atoms with Crippen molar-refractivity contribution in [2.45, 2.75) is 45.4 Å². The van der Waals surface area contributed by atoms with Crippen LogP contribution in [-0.2, 0) is 19.1 Å². The highest BCUT2D eigenvalue weighted by atomic mass is 32.2. The Balaban J connectivity index is 4.46. The third-order valence-corrected chi connectivity index (χ3v) is 3.08. The van der Waals surface area contributed by atoms with Gasteiger partial charge in [-0.3, -0.25) is 9.59 Å². The molecule has 0 aromatic carbocycles. The molecule has 20 heavy (non-hydrogen) atoms. The molecular formula is C12H22N2O5S. The summed E-state index contributed by atoms with van der Waals surface area (Å²) in [6.45, 7) is 6.46. The van der Waals surface area contributed by atoms with Crippen LogP contribution in [0.4, 0.5) is 0 Å². The average molecular weight is 306 g/mol. The molecule has 0 aromatic rings. The van der Waals surface area contributed by atoms with Gasteiger partial charge >= 0.3 is 5.97 Å². The lowest BCUT2D eigenvalue weighted by atomic mass is 10.2. The van der Waals surface area contributed by atoms with E-state index in [9.17, 15) is 19.5 Å². The molecule has 0 saturated carbocycles. The minimum absolute atomic E-state index is 0.0498. The van der Waals surface area contributed by atoms with Crippen LogP contribution in [0.5, 0.6) is 0 Å². The lowest BCUT2D eigenvalue weighted by Crippen LogP contribution is -2.45. The lowest BCUT2D eigenvalue weighted by molar-refractivity contribution is -0.157. The van der Waals surface area contributed by atoms with Crippen LogP contribution in [0.3, 0.4) is 0 Å². The summed E-state index contributed by atoms with van der Waals surface area (Å²) < 4.78 is 5.18. The molecule has 0 bridgehead atoms. The normalized spacial score (nSPS) is 14.2. The fourth-order valence-corrected chi connectivity index (χ4v) is 2.15. The first kappa shape index (κ1) is 18.7. The van der Waals surface area contributed by atoms with E-state index in [1.54, 1.807) is 20.8 Å². The SMILES string of the molecule is CC(=O)NC(CSCC(O)C(N)=O)C(=O)OC(C)(C)C. The molecule has 0 radical (unpaired) electrons. The van der Waals surface area contributed by atoms with Crippen LogP contribution in [0.15, 0.2) is 0 Å². The van der Waals surface area contributed by atoms with E-state index < -0.39 is 29.6 Å². The Morgan fingerprint density at radius 3 is 2.25 bits per heavy atom. The molecule has 0 aliphatic rings. The summed E-state index contributed by atoms with van der Waals surface area (Å²) in [5.41, 5.74) is 4.25. The van der Waals surface area contributed by atoms with Gasteiger partial charge in [0.2, 0.25) is 11.8 Å². The van der Waals surface area contributed by atoms with Gasteiger partial charge in [-0.2, -0.15) is 11.8 Å². The zero-order valence-electron chi connectivity index (χ0n) is 12.1. The van der Waals surface area contributed by atoms with Gasteiger partial charge in [-0.05, 0) is 20.8 Å². The van der Waals surface area contributed by atoms with E-state index in [-0.39, 0.29) is 17.4 Å². The lowest BCUT2D eigenvalue weighted by Gasteiger charge is -2.24. The average Bonchev–Trinajstić information content (AvgIpc) is 2.24. The Morgan fingerprint density at radius 1 is 1.30 bits per heavy atom. The van der Waals surface area contributed by atoms with Crippen molar-refractivity contribution in [3.8, 4) is 0 Å². The highest BCUT2D eigenvalue weighted by molar-refractivity contribution is 7.99. The number of esters is 1. The van der Waals surface area contributed by atoms with Crippen LogP contribution in [0.2, 0.25) is 0 Å². The number of carbonyl (C=O) groups excluding carboxylic acids is 3. The highest BCUT2D eigenvalue weighted by Gasteiger charge is 2.26. The van der Waals surface area contributed by atoms with Crippen LogP contribution in [0.1, 0.15) is 27.7 Å². The topological polar surface area (TPSA) is 119 Å². The number of ether oxygens (including phenoxy) is 1. The van der Waals surface area contributed by atoms with E-state index >= 15 is 0 Å². The van der Waals surface area contributed by atoms with E-state index in [1.165, 1.54) is 6.92 Å². The van der Waals surface area contributed by atoms with E-state index in [0.717, 1.165) is 11.8 Å². The van der Waals surface area contributed by atoms with Crippen molar-refractivity contribution in [3.63, 3.8) is 0 Å². The monoisotopic (exact) mass is 306 g/mol. The number of amides is 2.